The predicted octanol–water partition coefficient (Wildman–Crippen LogP) is 2.80. The van der Waals surface area contributed by atoms with Gasteiger partial charge in [-0.25, -0.2) is 4.68 Å². The van der Waals surface area contributed by atoms with E-state index in [0.29, 0.717) is 5.02 Å². The van der Waals surface area contributed by atoms with Gasteiger partial charge < -0.3 is 4.90 Å². The molecule has 0 saturated heterocycles. The van der Waals surface area contributed by atoms with Crippen LogP contribution in [0, 0.1) is 0 Å². The van der Waals surface area contributed by atoms with Gasteiger partial charge in [-0.15, -0.1) is 0 Å². The fraction of sp³-hybridized carbons (Fsp3) is 0.214. The molecule has 0 amide bonds. The Kier molecular flexibility index (Phi) is 2.75. The topological polar surface area (TPSA) is 41.0 Å². The number of fused-ring (bicyclic) bond motifs is 1. The van der Waals surface area contributed by atoms with Gasteiger partial charge in [0, 0.05) is 18.3 Å². The second kappa shape index (κ2) is 4.31. The third-order valence-electron chi connectivity index (χ3n) is 3.53. The van der Waals surface area contributed by atoms with E-state index >= 15 is 0 Å². The molecule has 4 nitrogen and oxygen atoms in total. The molecule has 1 aromatic carbocycles. The van der Waals surface area contributed by atoms with Crippen molar-refractivity contribution in [1.82, 2.24) is 14.7 Å². The first-order chi connectivity index (χ1) is 9.08. The Balaban J connectivity index is 2.19. The minimum atomic E-state index is -0.0269. The van der Waals surface area contributed by atoms with E-state index in [2.05, 4.69) is 5.10 Å². The molecule has 0 bridgehead atoms. The zero-order valence-corrected chi connectivity index (χ0v) is 11.5. The van der Waals surface area contributed by atoms with Crippen LogP contribution in [0.2, 0.25) is 5.02 Å². The summed E-state index contributed by atoms with van der Waals surface area (Å²) in [7, 11) is 1.96. The van der Waals surface area contributed by atoms with Crippen LogP contribution in [0.1, 0.15) is 24.2 Å². The molecule has 98 valence electrons. The van der Waals surface area contributed by atoms with Crippen molar-refractivity contribution in [3.8, 4) is 5.69 Å². The number of nitrogens with one attached hydrogen (secondary N) is 1. The molecule has 0 fully saturated rings. The van der Waals surface area contributed by atoms with Gasteiger partial charge >= 0.3 is 0 Å². The first-order valence-electron chi connectivity index (χ1n) is 6.09. The van der Waals surface area contributed by atoms with Crippen LogP contribution in [0.5, 0.6) is 0 Å². The number of aromatic nitrogens is 2. The summed E-state index contributed by atoms with van der Waals surface area (Å²) >= 11 is 5.97. The van der Waals surface area contributed by atoms with Crippen LogP contribution in [0.25, 0.3) is 11.8 Å². The van der Waals surface area contributed by atoms with Gasteiger partial charge in [0.2, 0.25) is 0 Å². The Morgan fingerprint density at radius 3 is 2.89 bits per heavy atom. The molecule has 2 heterocycles. The normalized spacial score (nSPS) is 17.6. The van der Waals surface area contributed by atoms with E-state index in [1.165, 1.54) is 4.68 Å². The fourth-order valence-corrected chi connectivity index (χ4v) is 2.50. The lowest BCUT2D eigenvalue weighted by Crippen LogP contribution is -2.26. The molecule has 0 radical (unpaired) electrons. The third-order valence-corrected chi connectivity index (χ3v) is 3.76. The van der Waals surface area contributed by atoms with Gasteiger partial charge in [-0.2, -0.15) is 0 Å². The molecule has 1 aromatic heterocycles. The summed E-state index contributed by atoms with van der Waals surface area (Å²) in [5.74, 6) is 0. The second-order valence-corrected chi connectivity index (χ2v) is 5.15. The largest absolute Gasteiger partial charge is 0.373 e. The lowest BCUT2D eigenvalue weighted by Gasteiger charge is -2.25. The van der Waals surface area contributed by atoms with Crippen molar-refractivity contribution in [2.45, 2.75) is 13.0 Å². The lowest BCUT2D eigenvalue weighted by atomic mass is 10.1. The van der Waals surface area contributed by atoms with Crippen LogP contribution in [0.3, 0.4) is 0 Å². The number of hydrogen-bond acceptors (Lipinski definition) is 2. The van der Waals surface area contributed by atoms with Crippen LogP contribution < -0.4 is 5.56 Å². The summed E-state index contributed by atoms with van der Waals surface area (Å²) in [4.78, 5) is 14.5. The van der Waals surface area contributed by atoms with Gasteiger partial charge in [0.05, 0.1) is 23.0 Å². The number of hydrogen-bond donors (Lipinski definition) is 1. The molecule has 19 heavy (non-hydrogen) atoms. The molecule has 0 saturated carbocycles. The summed E-state index contributed by atoms with van der Waals surface area (Å²) in [6, 6.07) is 7.30. The van der Waals surface area contributed by atoms with Crippen molar-refractivity contribution < 1.29 is 0 Å². The van der Waals surface area contributed by atoms with E-state index in [4.69, 9.17) is 11.6 Å². The minimum Gasteiger partial charge on any atom is -0.373 e. The van der Waals surface area contributed by atoms with Crippen molar-refractivity contribution in [3.05, 3.63) is 57.1 Å². The van der Waals surface area contributed by atoms with E-state index in [-0.39, 0.29) is 11.6 Å². The second-order valence-electron chi connectivity index (χ2n) is 4.72. The Bertz CT molecular complexity index is 714. The smallest absolute Gasteiger partial charge is 0.277 e. The van der Waals surface area contributed by atoms with E-state index < -0.39 is 0 Å². The van der Waals surface area contributed by atoms with E-state index in [9.17, 15) is 4.79 Å². The summed E-state index contributed by atoms with van der Waals surface area (Å²) in [6.45, 7) is 2.01. The molecule has 1 unspecified atom stereocenters. The maximum atomic E-state index is 12.5. The molecule has 0 spiro atoms. The maximum absolute atomic E-state index is 12.5. The molecule has 3 rings (SSSR count). The van der Waals surface area contributed by atoms with Crippen molar-refractivity contribution in [2.75, 3.05) is 7.05 Å². The number of nitrogens with zero attached hydrogens (tertiary/aromatic N) is 2. The van der Waals surface area contributed by atoms with Crippen LogP contribution in [0.15, 0.2) is 35.3 Å². The summed E-state index contributed by atoms with van der Waals surface area (Å²) < 4.78 is 1.54. The quantitative estimate of drug-likeness (QED) is 0.869. The van der Waals surface area contributed by atoms with E-state index in [1.807, 2.05) is 43.3 Å². The molecule has 1 aliphatic rings. The van der Waals surface area contributed by atoms with Gasteiger partial charge in [-0.3, -0.25) is 9.89 Å². The minimum absolute atomic E-state index is 0.0269. The Labute approximate surface area is 115 Å². The van der Waals surface area contributed by atoms with Gasteiger partial charge in [0.25, 0.3) is 5.56 Å². The number of aromatic amines is 1. The molecular formula is C14H14ClN3O. The van der Waals surface area contributed by atoms with Crippen molar-refractivity contribution >= 4 is 17.7 Å². The van der Waals surface area contributed by atoms with Crippen LogP contribution >= 0.6 is 11.6 Å². The Hall–Kier alpha value is -1.94. The predicted molar refractivity (Wildman–Crippen MR) is 76.6 cm³/mol. The molecule has 2 aromatic rings. The first kappa shape index (κ1) is 12.1. The highest BCUT2D eigenvalue weighted by molar-refractivity contribution is 6.30. The summed E-state index contributed by atoms with van der Waals surface area (Å²) in [6.07, 6.45) is 3.88. The van der Waals surface area contributed by atoms with Gasteiger partial charge in [0.15, 0.2) is 0 Å². The molecule has 0 aliphatic carbocycles. The zero-order valence-electron chi connectivity index (χ0n) is 10.7. The monoisotopic (exact) mass is 275 g/mol. The third kappa shape index (κ3) is 1.88. The average Bonchev–Trinajstić information content (AvgIpc) is 2.72. The highest BCUT2D eigenvalue weighted by Gasteiger charge is 2.24. The highest BCUT2D eigenvalue weighted by Crippen LogP contribution is 2.25. The van der Waals surface area contributed by atoms with E-state index in [0.717, 1.165) is 16.9 Å². The molecule has 1 N–H and O–H groups in total. The fourth-order valence-electron chi connectivity index (χ4n) is 2.32. The number of H-pyrrole nitrogens is 1. The number of benzene rings is 1. The summed E-state index contributed by atoms with van der Waals surface area (Å²) in [5.41, 5.74) is 2.36. The van der Waals surface area contributed by atoms with Gasteiger partial charge in [-0.1, -0.05) is 17.7 Å². The lowest BCUT2D eigenvalue weighted by molar-refractivity contribution is 0.356. The molecule has 5 heteroatoms. The first-order valence-corrected chi connectivity index (χ1v) is 6.46. The standard InChI is InChI=1S/C14H14ClN3O/c1-9-13-12(6-7-17(9)2)16-18(14(13)19)11-5-3-4-10(15)8-11/h3-9,16H,1-2H3. The van der Waals surface area contributed by atoms with Crippen molar-refractivity contribution in [2.24, 2.45) is 0 Å². The molecule has 1 atom stereocenters. The van der Waals surface area contributed by atoms with Gasteiger partial charge in [-0.05, 0) is 31.2 Å². The number of rotatable bonds is 1. The van der Waals surface area contributed by atoms with Crippen LogP contribution in [0.4, 0.5) is 0 Å². The molecular weight excluding hydrogens is 262 g/mol. The van der Waals surface area contributed by atoms with Crippen molar-refractivity contribution in [3.63, 3.8) is 0 Å². The average molecular weight is 276 g/mol. The van der Waals surface area contributed by atoms with Crippen LogP contribution in [-0.2, 0) is 0 Å². The SMILES string of the molecule is CC1c2c([nH]n(-c3cccc(Cl)c3)c2=O)C=CN1C. The number of halogens is 1. The maximum Gasteiger partial charge on any atom is 0.277 e. The Morgan fingerprint density at radius 1 is 1.37 bits per heavy atom. The zero-order chi connectivity index (χ0) is 13.6. The molecule has 1 aliphatic heterocycles. The van der Waals surface area contributed by atoms with Gasteiger partial charge in [0.1, 0.15) is 0 Å². The van der Waals surface area contributed by atoms with Crippen LogP contribution in [-0.4, -0.2) is 21.7 Å². The van der Waals surface area contributed by atoms with Crippen molar-refractivity contribution in [1.29, 1.82) is 0 Å². The van der Waals surface area contributed by atoms with E-state index in [1.54, 1.807) is 12.1 Å². The highest BCUT2D eigenvalue weighted by atomic mass is 35.5. The summed E-state index contributed by atoms with van der Waals surface area (Å²) in [5, 5.41) is 3.74. The Morgan fingerprint density at radius 2 is 2.16 bits per heavy atom.